The third-order valence-electron chi connectivity index (χ3n) is 3.77. The SMILES string of the molecule is N#Cc1ccc(NNC(=O)c2cccn2-c2ncc(C(F)(F)F)cc2Cl)c(Cl)c1. The number of amides is 1. The van der Waals surface area contributed by atoms with Crippen molar-refractivity contribution in [1.29, 1.82) is 5.26 Å². The molecule has 0 fully saturated rings. The van der Waals surface area contributed by atoms with Gasteiger partial charge in [-0.05, 0) is 36.4 Å². The van der Waals surface area contributed by atoms with Crippen LogP contribution in [0, 0.1) is 11.3 Å². The summed E-state index contributed by atoms with van der Waals surface area (Å²) in [6.45, 7) is 0. The number of rotatable bonds is 4. The Morgan fingerprint density at radius 1 is 1.17 bits per heavy atom. The van der Waals surface area contributed by atoms with Crippen LogP contribution in [0.25, 0.3) is 5.82 Å². The lowest BCUT2D eigenvalue weighted by Gasteiger charge is -2.14. The van der Waals surface area contributed by atoms with Crippen molar-refractivity contribution in [2.45, 2.75) is 6.18 Å². The molecule has 0 aliphatic rings. The summed E-state index contributed by atoms with van der Waals surface area (Å²) in [6.07, 6.45) is -2.51. The maximum absolute atomic E-state index is 12.8. The largest absolute Gasteiger partial charge is 0.417 e. The van der Waals surface area contributed by atoms with Crippen LogP contribution < -0.4 is 10.9 Å². The number of halogens is 5. The topological polar surface area (TPSA) is 82.7 Å². The minimum Gasteiger partial charge on any atom is -0.297 e. The number of nitriles is 1. The van der Waals surface area contributed by atoms with E-state index in [2.05, 4.69) is 15.8 Å². The molecular weight excluding hydrogens is 430 g/mol. The van der Waals surface area contributed by atoms with Gasteiger partial charge in [-0.1, -0.05) is 23.2 Å². The van der Waals surface area contributed by atoms with Gasteiger partial charge < -0.3 is 0 Å². The summed E-state index contributed by atoms with van der Waals surface area (Å²) < 4.78 is 39.6. The van der Waals surface area contributed by atoms with E-state index in [-0.39, 0.29) is 21.6 Å². The number of benzene rings is 1. The highest BCUT2D eigenvalue weighted by Crippen LogP contribution is 2.32. The lowest BCUT2D eigenvalue weighted by atomic mass is 10.2. The second-order valence-electron chi connectivity index (χ2n) is 5.68. The number of alkyl halides is 3. The van der Waals surface area contributed by atoms with Crippen LogP contribution in [0.4, 0.5) is 18.9 Å². The van der Waals surface area contributed by atoms with Gasteiger partial charge in [0.05, 0.1) is 32.9 Å². The number of hydrogen-bond acceptors (Lipinski definition) is 4. The number of hydrazine groups is 1. The fraction of sp³-hybridized carbons (Fsp3) is 0.0556. The zero-order valence-electron chi connectivity index (χ0n) is 14.3. The van der Waals surface area contributed by atoms with E-state index in [1.807, 2.05) is 6.07 Å². The van der Waals surface area contributed by atoms with E-state index in [1.165, 1.54) is 41.1 Å². The fourth-order valence-electron chi connectivity index (χ4n) is 2.39. The molecular formula is C18H10Cl2F3N5O. The van der Waals surface area contributed by atoms with Crippen LogP contribution in [0.5, 0.6) is 0 Å². The zero-order chi connectivity index (χ0) is 21.2. The van der Waals surface area contributed by atoms with E-state index in [0.29, 0.717) is 17.4 Å². The van der Waals surface area contributed by atoms with Gasteiger partial charge in [0.1, 0.15) is 5.69 Å². The number of anilines is 1. The summed E-state index contributed by atoms with van der Waals surface area (Å²) in [6, 6.07) is 10.1. The highest BCUT2D eigenvalue weighted by atomic mass is 35.5. The molecule has 1 amide bonds. The number of carbonyl (C=O) groups is 1. The molecule has 2 heterocycles. The quantitative estimate of drug-likeness (QED) is 0.570. The van der Waals surface area contributed by atoms with E-state index < -0.39 is 17.6 Å². The fourth-order valence-corrected chi connectivity index (χ4v) is 2.87. The van der Waals surface area contributed by atoms with Crippen molar-refractivity contribution in [2.24, 2.45) is 0 Å². The summed E-state index contributed by atoms with van der Waals surface area (Å²) in [5.74, 6) is -0.653. The van der Waals surface area contributed by atoms with Crippen molar-refractivity contribution in [3.63, 3.8) is 0 Å². The number of aromatic nitrogens is 2. The molecule has 0 unspecified atom stereocenters. The van der Waals surface area contributed by atoms with Gasteiger partial charge in [0, 0.05) is 12.4 Å². The average molecular weight is 440 g/mol. The first-order valence-electron chi connectivity index (χ1n) is 7.87. The predicted octanol–water partition coefficient (Wildman–Crippen LogP) is 4.83. The summed E-state index contributed by atoms with van der Waals surface area (Å²) in [5.41, 5.74) is 4.80. The maximum atomic E-state index is 12.8. The second-order valence-corrected chi connectivity index (χ2v) is 6.49. The predicted molar refractivity (Wildman–Crippen MR) is 101 cm³/mol. The van der Waals surface area contributed by atoms with Crippen LogP contribution in [-0.2, 0) is 6.18 Å². The Morgan fingerprint density at radius 2 is 1.93 bits per heavy atom. The Bertz CT molecular complexity index is 1120. The third kappa shape index (κ3) is 4.45. The van der Waals surface area contributed by atoms with Crippen LogP contribution in [0.1, 0.15) is 21.6 Å². The molecule has 2 N–H and O–H groups in total. The van der Waals surface area contributed by atoms with Crippen LogP contribution in [0.2, 0.25) is 10.0 Å². The standard InChI is InChI=1S/C18H10Cl2F3N5O/c19-12-6-10(8-24)3-4-14(12)26-27-17(29)15-2-1-5-28(15)16-13(20)7-11(9-25-16)18(21,22)23/h1-7,9,26H,(H,27,29). The average Bonchev–Trinajstić information content (AvgIpc) is 3.15. The van der Waals surface area contributed by atoms with Gasteiger partial charge in [-0.3, -0.25) is 20.2 Å². The maximum Gasteiger partial charge on any atom is 0.417 e. The first-order valence-corrected chi connectivity index (χ1v) is 8.63. The lowest BCUT2D eigenvalue weighted by molar-refractivity contribution is -0.137. The lowest BCUT2D eigenvalue weighted by Crippen LogP contribution is -2.31. The summed E-state index contributed by atoms with van der Waals surface area (Å²) in [4.78, 5) is 16.2. The second kappa shape index (κ2) is 8.03. The van der Waals surface area contributed by atoms with Gasteiger partial charge in [0.25, 0.3) is 5.91 Å². The van der Waals surface area contributed by atoms with E-state index in [0.717, 1.165) is 6.07 Å². The number of nitrogens with zero attached hydrogens (tertiary/aromatic N) is 3. The molecule has 0 atom stereocenters. The minimum absolute atomic E-state index is 0.0359. The molecule has 11 heteroatoms. The van der Waals surface area contributed by atoms with Crippen molar-refractivity contribution >= 4 is 34.8 Å². The highest BCUT2D eigenvalue weighted by Gasteiger charge is 2.32. The number of nitrogens with one attached hydrogen (secondary N) is 2. The smallest absolute Gasteiger partial charge is 0.297 e. The normalized spacial score (nSPS) is 11.0. The van der Waals surface area contributed by atoms with Crippen molar-refractivity contribution in [2.75, 3.05) is 5.43 Å². The van der Waals surface area contributed by atoms with Gasteiger partial charge in [-0.15, -0.1) is 0 Å². The molecule has 1 aromatic carbocycles. The first kappa shape index (κ1) is 20.5. The van der Waals surface area contributed by atoms with Crippen LogP contribution in [0.15, 0.2) is 48.8 Å². The molecule has 0 spiro atoms. The van der Waals surface area contributed by atoms with Crippen LogP contribution in [0.3, 0.4) is 0 Å². The van der Waals surface area contributed by atoms with E-state index in [4.69, 9.17) is 28.5 Å². The molecule has 0 bridgehead atoms. The molecule has 0 saturated heterocycles. The van der Waals surface area contributed by atoms with Crippen molar-refractivity contribution < 1.29 is 18.0 Å². The van der Waals surface area contributed by atoms with Gasteiger partial charge in [0.2, 0.25) is 0 Å². The Kier molecular flexibility index (Phi) is 5.68. The van der Waals surface area contributed by atoms with Crippen molar-refractivity contribution in [3.05, 3.63) is 75.7 Å². The Morgan fingerprint density at radius 3 is 2.55 bits per heavy atom. The molecule has 2 aromatic heterocycles. The summed E-state index contributed by atoms with van der Waals surface area (Å²) in [5, 5.41) is 8.78. The van der Waals surface area contributed by atoms with Crippen LogP contribution >= 0.6 is 23.2 Å². The molecule has 0 saturated carbocycles. The van der Waals surface area contributed by atoms with Gasteiger partial charge in [-0.25, -0.2) is 4.98 Å². The van der Waals surface area contributed by atoms with Crippen molar-refractivity contribution in [1.82, 2.24) is 15.0 Å². The third-order valence-corrected chi connectivity index (χ3v) is 4.36. The highest BCUT2D eigenvalue weighted by molar-refractivity contribution is 6.33. The Balaban J connectivity index is 1.81. The minimum atomic E-state index is -4.59. The number of hydrogen-bond donors (Lipinski definition) is 2. The van der Waals surface area contributed by atoms with E-state index in [9.17, 15) is 18.0 Å². The molecule has 0 aliphatic carbocycles. The molecule has 148 valence electrons. The van der Waals surface area contributed by atoms with E-state index >= 15 is 0 Å². The molecule has 6 nitrogen and oxygen atoms in total. The number of pyridine rings is 1. The molecule has 3 rings (SSSR count). The molecule has 0 radical (unpaired) electrons. The Labute approximate surface area is 172 Å². The van der Waals surface area contributed by atoms with Crippen molar-refractivity contribution in [3.8, 4) is 11.9 Å². The summed E-state index contributed by atoms with van der Waals surface area (Å²) >= 11 is 12.0. The number of carbonyl (C=O) groups excluding carboxylic acids is 1. The molecule has 0 aliphatic heterocycles. The van der Waals surface area contributed by atoms with Gasteiger partial charge >= 0.3 is 6.18 Å². The Hall–Kier alpha value is -3.22. The summed E-state index contributed by atoms with van der Waals surface area (Å²) in [7, 11) is 0. The first-order chi connectivity index (χ1) is 13.7. The molecule has 29 heavy (non-hydrogen) atoms. The van der Waals surface area contributed by atoms with Gasteiger partial charge in [0.15, 0.2) is 5.82 Å². The molecule has 3 aromatic rings. The van der Waals surface area contributed by atoms with E-state index in [1.54, 1.807) is 0 Å². The zero-order valence-corrected chi connectivity index (χ0v) is 15.8. The van der Waals surface area contributed by atoms with Crippen LogP contribution in [-0.4, -0.2) is 15.5 Å². The monoisotopic (exact) mass is 439 g/mol. The van der Waals surface area contributed by atoms with Gasteiger partial charge in [-0.2, -0.15) is 18.4 Å².